The zero-order valence-corrected chi connectivity index (χ0v) is 12.1. The molecule has 0 N–H and O–H groups in total. The van der Waals surface area contributed by atoms with Gasteiger partial charge >= 0.3 is 0 Å². The molecule has 0 fully saturated rings. The maximum atomic E-state index is 2.31. The quantitative estimate of drug-likeness (QED) is 0.616. The molecule has 96 valence electrons. The van der Waals surface area contributed by atoms with Crippen molar-refractivity contribution in [2.24, 2.45) is 5.92 Å². The molecule has 2 aromatic carbocycles. The third kappa shape index (κ3) is 1.74. The molecule has 2 aromatic rings. The summed E-state index contributed by atoms with van der Waals surface area (Å²) in [6.07, 6.45) is 0. The summed E-state index contributed by atoms with van der Waals surface area (Å²) in [5.41, 5.74) is 7.33. The van der Waals surface area contributed by atoms with E-state index in [0.29, 0.717) is 5.92 Å². The molecule has 0 spiro atoms. The number of allylic oxidation sites excluding steroid dienone is 4. The van der Waals surface area contributed by atoms with Crippen molar-refractivity contribution in [3.05, 3.63) is 64.7 Å². The molecule has 3 rings (SSSR count). The fourth-order valence-electron chi connectivity index (χ4n) is 3.22. The molecule has 0 aliphatic heterocycles. The summed E-state index contributed by atoms with van der Waals surface area (Å²) < 4.78 is 0. The first-order valence-corrected chi connectivity index (χ1v) is 6.98. The van der Waals surface area contributed by atoms with E-state index in [1.54, 1.807) is 0 Å². The van der Waals surface area contributed by atoms with Crippen LogP contribution >= 0.6 is 0 Å². The van der Waals surface area contributed by atoms with Gasteiger partial charge in [-0.25, -0.2) is 0 Å². The zero-order valence-electron chi connectivity index (χ0n) is 12.1. The van der Waals surface area contributed by atoms with Crippen LogP contribution < -0.4 is 0 Å². The van der Waals surface area contributed by atoms with Crippen LogP contribution in [-0.2, 0) is 0 Å². The van der Waals surface area contributed by atoms with Crippen LogP contribution in [0.3, 0.4) is 0 Å². The molecule has 1 unspecified atom stereocenters. The highest BCUT2D eigenvalue weighted by molar-refractivity contribution is 5.99. The largest absolute Gasteiger partial charge is 0.0629 e. The van der Waals surface area contributed by atoms with Gasteiger partial charge in [0.25, 0.3) is 0 Å². The monoisotopic (exact) mass is 248 g/mol. The first-order valence-electron chi connectivity index (χ1n) is 6.98. The van der Waals surface area contributed by atoms with Gasteiger partial charge in [0.15, 0.2) is 0 Å². The maximum absolute atomic E-state index is 2.31. The van der Waals surface area contributed by atoms with Crippen molar-refractivity contribution in [1.82, 2.24) is 0 Å². The molecule has 0 radical (unpaired) electrons. The molecule has 0 saturated carbocycles. The SMILES string of the molecule is CC1=C(C)C(C)C(C)=C1c1cccc2ccccc12. The third-order valence-electron chi connectivity index (χ3n) is 4.72. The highest BCUT2D eigenvalue weighted by atomic mass is 14.3. The lowest BCUT2D eigenvalue weighted by Crippen LogP contribution is -1.93. The minimum Gasteiger partial charge on any atom is -0.0629 e. The highest BCUT2D eigenvalue weighted by Gasteiger charge is 2.24. The third-order valence-corrected chi connectivity index (χ3v) is 4.72. The van der Waals surface area contributed by atoms with Crippen molar-refractivity contribution in [3.8, 4) is 0 Å². The molecular formula is C19H20. The van der Waals surface area contributed by atoms with Gasteiger partial charge in [-0.3, -0.25) is 0 Å². The Morgan fingerprint density at radius 2 is 1.47 bits per heavy atom. The van der Waals surface area contributed by atoms with Crippen molar-refractivity contribution < 1.29 is 0 Å². The lowest BCUT2D eigenvalue weighted by atomic mass is 9.92. The molecule has 19 heavy (non-hydrogen) atoms. The zero-order chi connectivity index (χ0) is 13.6. The van der Waals surface area contributed by atoms with Crippen molar-refractivity contribution in [1.29, 1.82) is 0 Å². The summed E-state index contributed by atoms with van der Waals surface area (Å²) in [6.45, 7) is 9.12. The molecule has 1 aliphatic rings. The van der Waals surface area contributed by atoms with Gasteiger partial charge in [0.2, 0.25) is 0 Å². The van der Waals surface area contributed by atoms with Gasteiger partial charge in [0.1, 0.15) is 0 Å². The molecule has 0 amide bonds. The van der Waals surface area contributed by atoms with Gasteiger partial charge in [0, 0.05) is 0 Å². The summed E-state index contributed by atoms with van der Waals surface area (Å²) in [7, 11) is 0. The first-order chi connectivity index (χ1) is 9.11. The van der Waals surface area contributed by atoms with Gasteiger partial charge in [-0.2, -0.15) is 0 Å². The predicted octanol–water partition coefficient (Wildman–Crippen LogP) is 5.60. The fraction of sp³-hybridized carbons (Fsp3) is 0.263. The predicted molar refractivity (Wildman–Crippen MR) is 84.1 cm³/mol. The topological polar surface area (TPSA) is 0 Å². The standard InChI is InChI=1S/C19H20/c1-12-13(2)15(4)19(14(12)3)18-11-7-9-16-8-5-6-10-17(16)18/h5-12H,1-4H3. The van der Waals surface area contributed by atoms with Gasteiger partial charge < -0.3 is 0 Å². The molecule has 0 bridgehead atoms. The molecule has 0 nitrogen and oxygen atoms in total. The number of benzene rings is 2. The normalized spacial score (nSPS) is 19.7. The Morgan fingerprint density at radius 1 is 0.789 bits per heavy atom. The lowest BCUT2D eigenvalue weighted by molar-refractivity contribution is 0.818. The Balaban J connectivity index is 2.32. The van der Waals surface area contributed by atoms with E-state index in [9.17, 15) is 0 Å². The van der Waals surface area contributed by atoms with E-state index >= 15 is 0 Å². The Morgan fingerprint density at radius 3 is 2.16 bits per heavy atom. The molecule has 1 aliphatic carbocycles. The van der Waals surface area contributed by atoms with E-state index in [4.69, 9.17) is 0 Å². The van der Waals surface area contributed by atoms with Gasteiger partial charge in [0.05, 0.1) is 0 Å². The van der Waals surface area contributed by atoms with Crippen molar-refractivity contribution in [2.75, 3.05) is 0 Å². The van der Waals surface area contributed by atoms with Crippen LogP contribution in [0.5, 0.6) is 0 Å². The minimum atomic E-state index is 0.578. The highest BCUT2D eigenvalue weighted by Crippen LogP contribution is 2.43. The summed E-state index contributed by atoms with van der Waals surface area (Å²) >= 11 is 0. The van der Waals surface area contributed by atoms with E-state index in [1.165, 1.54) is 38.6 Å². The lowest BCUT2D eigenvalue weighted by Gasteiger charge is -2.11. The summed E-state index contributed by atoms with van der Waals surface area (Å²) in [6, 6.07) is 15.3. The van der Waals surface area contributed by atoms with Crippen LogP contribution in [0.2, 0.25) is 0 Å². The average molecular weight is 248 g/mol. The van der Waals surface area contributed by atoms with Crippen molar-refractivity contribution in [3.63, 3.8) is 0 Å². The van der Waals surface area contributed by atoms with E-state index in [2.05, 4.69) is 70.2 Å². The number of fused-ring (bicyclic) bond motifs is 1. The van der Waals surface area contributed by atoms with E-state index < -0.39 is 0 Å². The van der Waals surface area contributed by atoms with Crippen molar-refractivity contribution in [2.45, 2.75) is 27.7 Å². The first kappa shape index (κ1) is 12.2. The molecule has 0 aromatic heterocycles. The van der Waals surface area contributed by atoms with E-state index in [0.717, 1.165) is 0 Å². The van der Waals surface area contributed by atoms with Crippen LogP contribution in [0, 0.1) is 5.92 Å². The van der Waals surface area contributed by atoms with Crippen LogP contribution in [0.15, 0.2) is 59.2 Å². The summed E-state index contributed by atoms with van der Waals surface area (Å²) in [5, 5.41) is 2.69. The Kier molecular flexibility index (Phi) is 2.82. The number of rotatable bonds is 1. The maximum Gasteiger partial charge on any atom is -0.00117 e. The van der Waals surface area contributed by atoms with Crippen LogP contribution in [0.4, 0.5) is 0 Å². The Labute approximate surface area is 115 Å². The molecular weight excluding hydrogens is 228 g/mol. The van der Waals surface area contributed by atoms with Gasteiger partial charge in [-0.05, 0) is 54.2 Å². The Hall–Kier alpha value is -1.82. The van der Waals surface area contributed by atoms with Crippen LogP contribution in [0.1, 0.15) is 33.3 Å². The number of hydrogen-bond donors (Lipinski definition) is 0. The van der Waals surface area contributed by atoms with Crippen LogP contribution in [-0.4, -0.2) is 0 Å². The number of hydrogen-bond acceptors (Lipinski definition) is 0. The molecule has 0 heteroatoms. The van der Waals surface area contributed by atoms with E-state index in [-0.39, 0.29) is 0 Å². The minimum absolute atomic E-state index is 0.578. The van der Waals surface area contributed by atoms with Crippen molar-refractivity contribution >= 4 is 16.3 Å². The molecule has 1 atom stereocenters. The van der Waals surface area contributed by atoms with E-state index in [1.807, 2.05) is 0 Å². The van der Waals surface area contributed by atoms with Gasteiger partial charge in [-0.15, -0.1) is 0 Å². The molecule has 0 saturated heterocycles. The van der Waals surface area contributed by atoms with Gasteiger partial charge in [-0.1, -0.05) is 60.5 Å². The fourth-order valence-corrected chi connectivity index (χ4v) is 3.22. The smallest absolute Gasteiger partial charge is 0.00117 e. The second-order valence-electron chi connectivity index (χ2n) is 5.61. The second kappa shape index (κ2) is 4.38. The summed E-state index contributed by atoms with van der Waals surface area (Å²) in [4.78, 5) is 0. The Bertz CT molecular complexity index is 708. The average Bonchev–Trinajstić information content (AvgIpc) is 2.63. The van der Waals surface area contributed by atoms with Crippen LogP contribution in [0.25, 0.3) is 16.3 Å². The molecule has 0 heterocycles. The summed E-state index contributed by atoms with van der Waals surface area (Å²) in [5.74, 6) is 0.578. The second-order valence-corrected chi connectivity index (χ2v) is 5.61.